The first-order chi connectivity index (χ1) is 19.5. The van der Waals surface area contributed by atoms with Crippen molar-refractivity contribution < 1.29 is 18.3 Å². The highest BCUT2D eigenvalue weighted by Crippen LogP contribution is 2.45. The molecule has 3 aliphatic rings. The van der Waals surface area contributed by atoms with Gasteiger partial charge in [0.05, 0.1) is 17.1 Å². The van der Waals surface area contributed by atoms with Gasteiger partial charge in [0.2, 0.25) is 10.0 Å². The summed E-state index contributed by atoms with van der Waals surface area (Å²) < 4.78 is 28.2. The Morgan fingerprint density at radius 1 is 1.00 bits per heavy atom. The smallest absolute Gasteiger partial charge is 0.268 e. The minimum atomic E-state index is -3.75. The molecule has 9 heteroatoms. The fraction of sp³-hybridized carbons (Fsp3) is 0.406. The first-order valence-corrected chi connectivity index (χ1v) is 15.8. The van der Waals surface area contributed by atoms with Crippen LogP contribution in [0.5, 0.6) is 0 Å². The topological polar surface area (TPSA) is 102 Å². The van der Waals surface area contributed by atoms with Crippen LogP contribution in [-0.2, 0) is 27.0 Å². The van der Waals surface area contributed by atoms with E-state index in [0.717, 1.165) is 25.2 Å². The van der Waals surface area contributed by atoms with E-state index in [1.807, 2.05) is 12.1 Å². The van der Waals surface area contributed by atoms with Gasteiger partial charge in [-0.1, -0.05) is 42.5 Å². The highest BCUT2D eigenvalue weighted by atomic mass is 32.2. The van der Waals surface area contributed by atoms with Crippen molar-refractivity contribution in [3.05, 3.63) is 89.5 Å². The Morgan fingerprint density at radius 3 is 2.39 bits per heavy atom. The number of hydrogen-bond acceptors (Lipinski definition) is 6. The standard InChI is InChI=1S/C32H38N4O4S/c1-31(2,3)34-41(39,40)26-16-12-24(13-17-26)32(38)27-8-4-5-9-29(27)36(30(32)37)19-22-10-14-25(15-11-22)35-20-23-7-6-18-33-28(23)21-35/h4-5,8-17,23,28,33-34,38H,6-7,18-21H2,1-3H3. The highest BCUT2D eigenvalue weighted by Gasteiger charge is 2.51. The lowest BCUT2D eigenvalue weighted by atomic mass is 9.87. The Labute approximate surface area is 242 Å². The zero-order valence-corrected chi connectivity index (χ0v) is 24.6. The molecular formula is C32H38N4O4S. The number of piperidine rings is 1. The van der Waals surface area contributed by atoms with Gasteiger partial charge in [-0.3, -0.25) is 4.79 Å². The van der Waals surface area contributed by atoms with Crippen molar-refractivity contribution in [2.45, 2.75) is 62.2 Å². The quantitative estimate of drug-likeness (QED) is 0.415. The third-order valence-corrected chi connectivity index (χ3v) is 10.2. The van der Waals surface area contributed by atoms with Crippen LogP contribution in [-0.4, -0.2) is 50.6 Å². The molecule has 2 saturated heterocycles. The molecule has 0 aliphatic carbocycles. The van der Waals surface area contributed by atoms with E-state index in [1.165, 1.54) is 42.8 Å². The first-order valence-electron chi connectivity index (χ1n) is 14.3. The molecule has 3 atom stereocenters. The average Bonchev–Trinajstić information content (AvgIpc) is 3.47. The molecule has 0 saturated carbocycles. The number of aliphatic hydroxyl groups is 1. The number of para-hydroxylation sites is 1. The third kappa shape index (κ3) is 5.16. The number of carbonyl (C=O) groups excluding carboxylic acids is 1. The number of nitrogens with zero attached hydrogens (tertiary/aromatic N) is 2. The molecule has 3 aromatic rings. The number of benzene rings is 3. The molecule has 3 aromatic carbocycles. The molecule has 0 bridgehead atoms. The second-order valence-electron chi connectivity index (χ2n) is 12.5. The number of rotatable bonds is 6. The van der Waals surface area contributed by atoms with Crippen LogP contribution in [0.15, 0.2) is 77.7 Å². The summed E-state index contributed by atoms with van der Waals surface area (Å²) in [6.45, 7) is 8.81. The summed E-state index contributed by atoms with van der Waals surface area (Å²) in [6, 6.07) is 22.1. The zero-order valence-electron chi connectivity index (χ0n) is 23.8. The maximum absolute atomic E-state index is 13.9. The predicted molar refractivity (Wildman–Crippen MR) is 160 cm³/mol. The summed E-state index contributed by atoms with van der Waals surface area (Å²) in [5.74, 6) is 0.240. The lowest BCUT2D eigenvalue weighted by Crippen LogP contribution is -2.41. The fourth-order valence-corrected chi connectivity index (χ4v) is 7.88. The maximum Gasteiger partial charge on any atom is 0.268 e. The maximum atomic E-state index is 13.9. The lowest BCUT2D eigenvalue weighted by molar-refractivity contribution is -0.132. The van der Waals surface area contributed by atoms with Crippen molar-refractivity contribution in [1.29, 1.82) is 0 Å². The van der Waals surface area contributed by atoms with Crippen molar-refractivity contribution in [3.63, 3.8) is 0 Å². The molecule has 2 fully saturated rings. The number of amides is 1. The van der Waals surface area contributed by atoms with Crippen molar-refractivity contribution >= 4 is 27.3 Å². The van der Waals surface area contributed by atoms with Gasteiger partial charge in [0.25, 0.3) is 5.91 Å². The largest absolute Gasteiger partial charge is 0.372 e. The number of nitrogens with one attached hydrogen (secondary N) is 2. The number of carbonyl (C=O) groups is 1. The van der Waals surface area contributed by atoms with Crippen LogP contribution in [0.4, 0.5) is 11.4 Å². The van der Waals surface area contributed by atoms with Gasteiger partial charge in [0.1, 0.15) is 0 Å². The van der Waals surface area contributed by atoms with E-state index in [-0.39, 0.29) is 4.90 Å². The Balaban J connectivity index is 1.23. The lowest BCUT2D eigenvalue weighted by Gasteiger charge is -2.25. The van der Waals surface area contributed by atoms with Crippen molar-refractivity contribution in [3.8, 4) is 0 Å². The molecule has 0 aromatic heterocycles. The normalized spacial score (nSPS) is 24.4. The molecule has 3 N–H and O–H groups in total. The molecule has 0 spiro atoms. The van der Waals surface area contributed by atoms with Gasteiger partial charge >= 0.3 is 0 Å². The van der Waals surface area contributed by atoms with Crippen molar-refractivity contribution in [1.82, 2.24) is 10.0 Å². The Morgan fingerprint density at radius 2 is 1.71 bits per heavy atom. The van der Waals surface area contributed by atoms with E-state index in [2.05, 4.69) is 39.2 Å². The minimum absolute atomic E-state index is 0.0727. The van der Waals surface area contributed by atoms with Crippen LogP contribution in [0.25, 0.3) is 0 Å². The summed E-state index contributed by atoms with van der Waals surface area (Å²) in [5.41, 5.74) is 1.04. The van der Waals surface area contributed by atoms with Gasteiger partial charge in [0, 0.05) is 35.9 Å². The second kappa shape index (κ2) is 10.2. The molecule has 6 rings (SSSR count). The monoisotopic (exact) mass is 574 g/mol. The van der Waals surface area contributed by atoms with E-state index >= 15 is 0 Å². The van der Waals surface area contributed by atoms with Gasteiger partial charge in [-0.05, 0) is 87.5 Å². The minimum Gasteiger partial charge on any atom is -0.372 e. The van der Waals surface area contributed by atoms with Crippen LogP contribution in [0.2, 0.25) is 0 Å². The number of sulfonamides is 1. The van der Waals surface area contributed by atoms with Gasteiger partial charge in [0.15, 0.2) is 5.60 Å². The summed E-state index contributed by atoms with van der Waals surface area (Å²) in [5, 5.41) is 15.6. The highest BCUT2D eigenvalue weighted by molar-refractivity contribution is 7.89. The van der Waals surface area contributed by atoms with E-state index in [4.69, 9.17) is 0 Å². The molecule has 41 heavy (non-hydrogen) atoms. The Kier molecular flexibility index (Phi) is 6.97. The second-order valence-corrected chi connectivity index (χ2v) is 14.2. The zero-order chi connectivity index (χ0) is 29.0. The first kappa shape index (κ1) is 27.9. The summed E-state index contributed by atoms with van der Waals surface area (Å²) in [4.78, 5) is 18.0. The van der Waals surface area contributed by atoms with Gasteiger partial charge < -0.3 is 20.2 Å². The predicted octanol–water partition coefficient (Wildman–Crippen LogP) is 3.73. The molecule has 216 valence electrons. The van der Waals surface area contributed by atoms with Crippen molar-refractivity contribution in [2.75, 3.05) is 29.4 Å². The number of hydrogen-bond donors (Lipinski definition) is 3. The summed E-state index contributed by atoms with van der Waals surface area (Å²) in [7, 11) is -3.75. The summed E-state index contributed by atoms with van der Waals surface area (Å²) >= 11 is 0. The molecule has 8 nitrogen and oxygen atoms in total. The summed E-state index contributed by atoms with van der Waals surface area (Å²) in [6.07, 6.45) is 2.52. The van der Waals surface area contributed by atoms with E-state index < -0.39 is 27.1 Å². The Bertz CT molecular complexity index is 1540. The van der Waals surface area contributed by atoms with E-state index in [9.17, 15) is 18.3 Å². The molecule has 3 aliphatic heterocycles. The van der Waals surface area contributed by atoms with Crippen molar-refractivity contribution in [2.24, 2.45) is 5.92 Å². The van der Waals surface area contributed by atoms with Crippen LogP contribution in [0, 0.1) is 5.92 Å². The van der Waals surface area contributed by atoms with E-state index in [0.29, 0.717) is 35.3 Å². The molecule has 3 unspecified atom stereocenters. The SMILES string of the molecule is CC(C)(C)NS(=O)(=O)c1ccc(C2(O)C(=O)N(Cc3ccc(N4CC5CCCNC5C4)cc3)c3ccccc32)cc1. The van der Waals surface area contributed by atoms with Crippen LogP contribution >= 0.6 is 0 Å². The number of anilines is 2. The van der Waals surface area contributed by atoms with Crippen LogP contribution in [0.3, 0.4) is 0 Å². The van der Waals surface area contributed by atoms with Gasteiger partial charge in [-0.2, -0.15) is 0 Å². The average molecular weight is 575 g/mol. The number of fused-ring (bicyclic) bond motifs is 2. The van der Waals surface area contributed by atoms with Gasteiger partial charge in [-0.15, -0.1) is 0 Å². The van der Waals surface area contributed by atoms with Crippen LogP contribution in [0.1, 0.15) is 50.3 Å². The molecular weight excluding hydrogens is 536 g/mol. The van der Waals surface area contributed by atoms with E-state index in [1.54, 1.807) is 37.8 Å². The fourth-order valence-electron chi connectivity index (χ4n) is 6.46. The Hall–Kier alpha value is -3.24. The van der Waals surface area contributed by atoms with Gasteiger partial charge in [-0.25, -0.2) is 13.1 Å². The molecule has 3 heterocycles. The van der Waals surface area contributed by atoms with Crippen LogP contribution < -0.4 is 19.8 Å². The third-order valence-electron chi connectivity index (χ3n) is 8.40. The molecule has 1 amide bonds. The molecule has 0 radical (unpaired) electrons.